The first-order valence-corrected chi connectivity index (χ1v) is 26.7. The number of rotatable bonds is 25. The number of ether oxygens (including phenoxy) is 2. The summed E-state index contributed by atoms with van der Waals surface area (Å²) in [6, 6.07) is 26.0. The summed E-state index contributed by atoms with van der Waals surface area (Å²) in [5, 5.41) is 32.0. The zero-order valence-corrected chi connectivity index (χ0v) is 44.9. The maximum absolute atomic E-state index is 11.4. The summed E-state index contributed by atoms with van der Waals surface area (Å²) in [5.74, 6) is 1.06. The summed E-state index contributed by atoms with van der Waals surface area (Å²) in [7, 11) is 0. The van der Waals surface area contributed by atoms with Gasteiger partial charge in [-0.15, -0.1) is 0 Å². The van der Waals surface area contributed by atoms with Crippen LogP contribution in [0.25, 0.3) is 12.2 Å². The zero-order valence-electron chi connectivity index (χ0n) is 44.9. The largest absolute Gasteiger partial charge is 0.508 e. The van der Waals surface area contributed by atoms with Crippen molar-refractivity contribution in [2.24, 2.45) is 0 Å². The molecule has 0 bridgehead atoms. The summed E-state index contributed by atoms with van der Waals surface area (Å²) < 4.78 is 11.3. The Morgan fingerprint density at radius 2 is 0.986 bits per heavy atom. The summed E-state index contributed by atoms with van der Waals surface area (Å²) in [6.07, 6.45) is 23.1. The van der Waals surface area contributed by atoms with Gasteiger partial charge in [-0.2, -0.15) is 0 Å². The third-order valence-corrected chi connectivity index (χ3v) is 15.7. The molecule has 0 aliphatic carbocycles. The fourth-order valence-corrected chi connectivity index (χ4v) is 10.3. The molecule has 2 unspecified atom stereocenters. The second kappa shape index (κ2) is 26.5. The van der Waals surface area contributed by atoms with Crippen molar-refractivity contribution in [3.8, 4) is 11.5 Å². The van der Waals surface area contributed by atoms with Crippen molar-refractivity contribution in [3.05, 3.63) is 141 Å². The number of unbranched alkanes of at least 4 members (excludes halogenated alkanes) is 4. The number of carbonyl (C=O) groups is 1. The molecule has 1 saturated heterocycles. The van der Waals surface area contributed by atoms with Crippen molar-refractivity contribution in [2.75, 3.05) is 6.61 Å². The molecule has 5 rings (SSSR count). The molecule has 1 fully saturated rings. The fourth-order valence-electron chi connectivity index (χ4n) is 10.3. The van der Waals surface area contributed by atoms with Crippen LogP contribution >= 0.6 is 0 Å². The van der Waals surface area contributed by atoms with E-state index in [1.807, 2.05) is 25.1 Å². The van der Waals surface area contributed by atoms with Gasteiger partial charge in [-0.1, -0.05) is 179 Å². The quantitative estimate of drug-likeness (QED) is 0.0452. The molecule has 0 amide bonds. The number of hydrogen-bond donors (Lipinski definition) is 3. The molecule has 6 nitrogen and oxygen atoms in total. The van der Waals surface area contributed by atoms with Crippen molar-refractivity contribution < 1.29 is 29.6 Å². The minimum Gasteiger partial charge on any atom is -0.508 e. The molecule has 0 radical (unpaired) electrons. The summed E-state index contributed by atoms with van der Waals surface area (Å²) >= 11 is 0. The Kier molecular flexibility index (Phi) is 21.9. The molecule has 378 valence electrons. The Hall–Kier alpha value is -4.65. The van der Waals surface area contributed by atoms with Crippen molar-refractivity contribution in [2.45, 2.75) is 214 Å². The van der Waals surface area contributed by atoms with Crippen molar-refractivity contribution in [1.29, 1.82) is 0 Å². The van der Waals surface area contributed by atoms with Crippen LogP contribution in [-0.4, -0.2) is 45.2 Å². The van der Waals surface area contributed by atoms with Crippen LogP contribution in [0.15, 0.2) is 84.9 Å². The predicted molar refractivity (Wildman–Crippen MR) is 291 cm³/mol. The van der Waals surface area contributed by atoms with Crippen molar-refractivity contribution in [3.63, 3.8) is 0 Å². The molecule has 0 saturated carbocycles. The molecule has 69 heavy (non-hydrogen) atoms. The second-order valence-electron chi connectivity index (χ2n) is 20.2. The van der Waals surface area contributed by atoms with Crippen LogP contribution in [-0.2, 0) is 20.4 Å². The van der Waals surface area contributed by atoms with Crippen molar-refractivity contribution >= 4 is 18.1 Å². The number of aliphatic hydroxyl groups is 2. The van der Waals surface area contributed by atoms with Crippen LogP contribution in [0.4, 0.5) is 0 Å². The van der Waals surface area contributed by atoms with E-state index in [9.17, 15) is 20.1 Å². The van der Waals surface area contributed by atoms with E-state index < -0.39 is 11.2 Å². The number of phenols is 1. The Morgan fingerprint density at radius 3 is 1.35 bits per heavy atom. The lowest BCUT2D eigenvalue weighted by molar-refractivity contribution is -0.142. The molecule has 4 aromatic rings. The number of phenolic OH excluding ortho intramolecular Hbond substituents is 1. The molecule has 1 aliphatic rings. The highest BCUT2D eigenvalue weighted by atomic mass is 16.6. The first kappa shape index (κ1) is 56.9. The van der Waals surface area contributed by atoms with Crippen molar-refractivity contribution in [1.82, 2.24) is 0 Å². The summed E-state index contributed by atoms with van der Waals surface area (Å²) in [5.41, 5.74) is 10.3. The first-order chi connectivity index (χ1) is 32.9. The predicted octanol–water partition coefficient (Wildman–Crippen LogP) is 16.1. The topological polar surface area (TPSA) is 96.2 Å². The minimum absolute atomic E-state index is 0.0736. The first-order valence-electron chi connectivity index (χ1n) is 26.7. The average Bonchev–Trinajstić information content (AvgIpc) is 3.77. The van der Waals surface area contributed by atoms with Crippen LogP contribution in [0.1, 0.15) is 214 Å². The Morgan fingerprint density at radius 1 is 0.565 bits per heavy atom. The lowest BCUT2D eigenvalue weighted by atomic mass is 9.70. The van der Waals surface area contributed by atoms with Gasteiger partial charge in [-0.25, -0.2) is 0 Å². The number of aromatic hydroxyl groups is 1. The maximum atomic E-state index is 11.4. The SMILES string of the molecule is CCCCCC(O)(/C=C/c1ccc(C(CC)(CC)c2ccc(O)c(C)c2)cc1C)CC.CCCCCC(O)(/C=C/c1ccc(C(CC)(CC)c2ccc(OC[C@@H]3CCC(=O)O3)c(C)c2)cc1C)CC. The molecule has 4 aromatic carbocycles. The van der Waals surface area contributed by atoms with E-state index >= 15 is 0 Å². The molecule has 6 heteroatoms. The normalized spacial score (nSPS) is 16.0. The van der Waals surface area contributed by atoms with Crippen LogP contribution in [0.3, 0.4) is 0 Å². The van der Waals surface area contributed by atoms with Gasteiger partial charge in [0.05, 0.1) is 11.2 Å². The summed E-state index contributed by atoms with van der Waals surface area (Å²) in [4.78, 5) is 11.4. The standard InChI is InChI=1S/C34H48O4.C29H42O2/c1-7-11-12-20-33(36,8-2)21-19-27-13-14-28(22-25(27)5)34(9-3,10-4)29-15-17-31(26(6)23-29)37-24-30-16-18-32(35)38-30;1-7-11-12-18-28(31,8-2)19-17-24-13-14-25(20-22(24)5)29(9-3,10-4)26-15-16-27(30)23(6)21-26/h13-15,17,19,21-23,30,36H,7-12,16,18,20,24H2,1-6H3;13-17,19-21,30-31H,7-12,18H2,1-6H3/b21-19+;19-17+/t30-,33?;/m0./s1. The van der Waals surface area contributed by atoms with Crippen LogP contribution in [0.5, 0.6) is 11.5 Å². The number of aryl methyl sites for hydroxylation is 4. The van der Waals surface area contributed by atoms with Gasteiger partial charge in [0.2, 0.25) is 0 Å². The molecule has 1 aliphatic heterocycles. The third kappa shape index (κ3) is 14.7. The molecule has 0 spiro atoms. The monoisotopic (exact) mass is 943 g/mol. The molecule has 1 heterocycles. The maximum Gasteiger partial charge on any atom is 0.306 e. The smallest absolute Gasteiger partial charge is 0.306 e. The van der Waals surface area contributed by atoms with Gasteiger partial charge in [0.25, 0.3) is 0 Å². The highest BCUT2D eigenvalue weighted by molar-refractivity contribution is 5.71. The summed E-state index contributed by atoms with van der Waals surface area (Å²) in [6.45, 7) is 26.3. The minimum atomic E-state index is -0.738. The van der Waals surface area contributed by atoms with E-state index in [4.69, 9.17) is 9.47 Å². The molecule has 3 N–H and O–H groups in total. The number of esters is 1. The Bertz CT molecular complexity index is 2290. The molecular weight excluding hydrogens is 853 g/mol. The lowest BCUT2D eigenvalue weighted by Crippen LogP contribution is -2.26. The van der Waals surface area contributed by atoms with E-state index in [0.717, 1.165) is 118 Å². The van der Waals surface area contributed by atoms with Crippen LogP contribution in [0, 0.1) is 27.7 Å². The third-order valence-electron chi connectivity index (χ3n) is 15.7. The lowest BCUT2D eigenvalue weighted by Gasteiger charge is -2.34. The van der Waals surface area contributed by atoms with Gasteiger partial charge < -0.3 is 24.8 Å². The van der Waals surface area contributed by atoms with Gasteiger partial charge in [0.1, 0.15) is 24.2 Å². The van der Waals surface area contributed by atoms with Crippen LogP contribution in [0.2, 0.25) is 0 Å². The van der Waals surface area contributed by atoms with Crippen LogP contribution < -0.4 is 4.74 Å². The number of hydrogen-bond acceptors (Lipinski definition) is 6. The fraction of sp³-hybridized carbons (Fsp3) is 0.540. The number of carbonyl (C=O) groups excluding carboxylic acids is 1. The van der Waals surface area contributed by atoms with Gasteiger partial charge in [0.15, 0.2) is 0 Å². The zero-order chi connectivity index (χ0) is 50.8. The van der Waals surface area contributed by atoms with E-state index in [0.29, 0.717) is 18.8 Å². The molecule has 3 atom stereocenters. The Balaban J connectivity index is 0.000000307. The average molecular weight is 943 g/mol. The highest BCUT2D eigenvalue weighted by Crippen LogP contribution is 2.43. The van der Waals surface area contributed by atoms with E-state index in [1.165, 1.54) is 39.8 Å². The molecular formula is C63H90O6. The van der Waals surface area contributed by atoms with E-state index in [2.05, 4.69) is 155 Å². The number of benzene rings is 4. The molecule has 0 aromatic heterocycles. The second-order valence-corrected chi connectivity index (χ2v) is 20.2. The highest BCUT2D eigenvalue weighted by Gasteiger charge is 2.33. The number of cyclic esters (lactones) is 1. The van der Waals surface area contributed by atoms with Gasteiger partial charge >= 0.3 is 5.97 Å². The van der Waals surface area contributed by atoms with Gasteiger partial charge in [0, 0.05) is 17.3 Å². The van der Waals surface area contributed by atoms with Gasteiger partial charge in [-0.05, 0) is 153 Å². The van der Waals surface area contributed by atoms with E-state index in [1.54, 1.807) is 0 Å². The Labute approximate surface area is 418 Å². The van der Waals surface area contributed by atoms with E-state index in [-0.39, 0.29) is 22.9 Å². The van der Waals surface area contributed by atoms with Gasteiger partial charge in [-0.3, -0.25) is 4.79 Å².